The fraction of sp³-hybridized carbons (Fsp3) is 1.00. The molecule has 0 heterocycles. The summed E-state index contributed by atoms with van der Waals surface area (Å²) in [5.74, 6) is -0.115. The molecule has 0 spiro atoms. The molecule has 0 radical (unpaired) electrons. The zero-order valence-corrected chi connectivity index (χ0v) is 14.9. The molecule has 0 aliphatic rings. The summed E-state index contributed by atoms with van der Waals surface area (Å²) in [5.41, 5.74) is 0. The number of unbranched alkanes of at least 4 members (excludes halogenated alkanes) is 9. The molecule has 7 heteroatoms. The van der Waals surface area contributed by atoms with E-state index in [1.54, 1.807) is 0 Å². The highest BCUT2D eigenvalue weighted by molar-refractivity contribution is 7.85. The van der Waals surface area contributed by atoms with E-state index in [0.29, 0.717) is 12.8 Å². The number of hydrogen-bond donors (Lipinski definition) is 1. The summed E-state index contributed by atoms with van der Waals surface area (Å²) in [6.07, 6.45) is 11.0. The van der Waals surface area contributed by atoms with Crippen molar-refractivity contribution < 1.29 is 13.0 Å². The first-order chi connectivity index (χ1) is 9.21. The van der Waals surface area contributed by atoms with Gasteiger partial charge in [0, 0.05) is 0 Å². The van der Waals surface area contributed by atoms with Crippen molar-refractivity contribution in [3.8, 4) is 0 Å². The highest BCUT2D eigenvalue weighted by atomic mass is 35.6. The Hall–Kier alpha value is 0.780. The van der Waals surface area contributed by atoms with Crippen LogP contribution in [0, 0.1) is 0 Å². The van der Waals surface area contributed by atoms with Crippen LogP contribution in [0.4, 0.5) is 0 Å². The van der Waals surface area contributed by atoms with Gasteiger partial charge in [0.25, 0.3) is 10.1 Å². The molecular weight excluding hydrogens is 343 g/mol. The van der Waals surface area contributed by atoms with Crippen LogP contribution in [-0.4, -0.2) is 22.5 Å². The van der Waals surface area contributed by atoms with E-state index in [9.17, 15) is 8.42 Å². The Bertz CT molecular complexity index is 326. The highest BCUT2D eigenvalue weighted by Crippen LogP contribution is 2.32. The molecule has 0 aromatic rings. The van der Waals surface area contributed by atoms with Crippen molar-refractivity contribution >= 4 is 44.9 Å². The third kappa shape index (κ3) is 18.8. The van der Waals surface area contributed by atoms with Gasteiger partial charge in [-0.2, -0.15) is 8.42 Å². The summed E-state index contributed by atoms with van der Waals surface area (Å²) in [6, 6.07) is 0. The summed E-state index contributed by atoms with van der Waals surface area (Å²) in [5, 5.41) is 0. The van der Waals surface area contributed by atoms with Crippen molar-refractivity contribution in [1.29, 1.82) is 0 Å². The molecule has 0 fully saturated rings. The smallest absolute Gasteiger partial charge is 0.264 e. The highest BCUT2D eigenvalue weighted by Gasteiger charge is 2.17. The maximum atomic E-state index is 10.5. The minimum Gasteiger partial charge on any atom is -0.286 e. The molecule has 0 rings (SSSR count). The second-order valence-electron chi connectivity index (χ2n) is 5.19. The minimum absolute atomic E-state index is 0.115. The third-order valence-corrected chi connectivity index (χ3v) is 4.48. The van der Waals surface area contributed by atoms with Crippen LogP contribution in [0.2, 0.25) is 0 Å². The van der Waals surface area contributed by atoms with E-state index in [4.69, 9.17) is 39.4 Å². The van der Waals surface area contributed by atoms with E-state index < -0.39 is 13.9 Å². The molecule has 0 saturated heterocycles. The maximum Gasteiger partial charge on any atom is 0.264 e. The molecule has 0 unspecified atom stereocenters. The van der Waals surface area contributed by atoms with Crippen molar-refractivity contribution in [3.05, 3.63) is 0 Å². The maximum absolute atomic E-state index is 10.5. The van der Waals surface area contributed by atoms with Gasteiger partial charge in [0.05, 0.1) is 5.75 Å². The molecule has 0 saturated carbocycles. The van der Waals surface area contributed by atoms with Gasteiger partial charge >= 0.3 is 0 Å². The number of halogens is 3. The number of alkyl halides is 3. The van der Waals surface area contributed by atoms with Gasteiger partial charge in [0.1, 0.15) is 0 Å². The monoisotopic (exact) mass is 366 g/mol. The lowest BCUT2D eigenvalue weighted by molar-refractivity contribution is 0.478. The Kier molecular flexibility index (Phi) is 11.8. The van der Waals surface area contributed by atoms with E-state index in [-0.39, 0.29) is 5.75 Å². The van der Waals surface area contributed by atoms with E-state index in [2.05, 4.69) is 0 Å². The van der Waals surface area contributed by atoms with E-state index >= 15 is 0 Å². The fourth-order valence-electron chi connectivity index (χ4n) is 2.02. The second kappa shape index (κ2) is 11.4. The Balaban J connectivity index is 3.14. The zero-order chi connectivity index (χ0) is 15.5. The van der Waals surface area contributed by atoms with E-state index in [0.717, 1.165) is 32.1 Å². The van der Waals surface area contributed by atoms with Gasteiger partial charge in [-0.05, 0) is 19.3 Å². The van der Waals surface area contributed by atoms with Gasteiger partial charge in [0.2, 0.25) is 0 Å². The first-order valence-corrected chi connectivity index (χ1v) is 9.97. The predicted octanol–water partition coefficient (Wildman–Crippen LogP) is 5.54. The topological polar surface area (TPSA) is 54.4 Å². The predicted molar refractivity (Wildman–Crippen MR) is 87.5 cm³/mol. The zero-order valence-electron chi connectivity index (χ0n) is 11.8. The van der Waals surface area contributed by atoms with Gasteiger partial charge in [0.15, 0.2) is 3.79 Å². The molecule has 3 nitrogen and oxygen atoms in total. The average Bonchev–Trinajstić information content (AvgIpc) is 2.27. The van der Waals surface area contributed by atoms with E-state index in [1.807, 2.05) is 0 Å². The lowest BCUT2D eigenvalue weighted by Crippen LogP contribution is -2.03. The SMILES string of the molecule is O=S(=O)(O)CCCCCCCCCCCCC(Cl)(Cl)Cl. The van der Waals surface area contributed by atoms with Crippen LogP contribution in [0.1, 0.15) is 70.6 Å². The standard InChI is InChI=1S/C13H25Cl3O3S/c14-13(15,16)11-9-7-5-3-1-2-4-6-8-10-12-20(17,18)19/h1-12H2,(H,17,18,19). The largest absolute Gasteiger partial charge is 0.286 e. The van der Waals surface area contributed by atoms with Crippen LogP contribution in [0.5, 0.6) is 0 Å². The fourth-order valence-corrected chi connectivity index (χ4v) is 2.99. The van der Waals surface area contributed by atoms with Crippen LogP contribution in [0.3, 0.4) is 0 Å². The lowest BCUT2D eigenvalue weighted by atomic mass is 10.1. The quantitative estimate of drug-likeness (QED) is 0.280. The molecule has 0 atom stereocenters. The molecule has 0 amide bonds. The Morgan fingerprint density at radius 3 is 1.40 bits per heavy atom. The van der Waals surface area contributed by atoms with Crippen molar-refractivity contribution in [2.24, 2.45) is 0 Å². The van der Waals surface area contributed by atoms with Crippen molar-refractivity contribution in [2.75, 3.05) is 5.75 Å². The molecule has 0 aliphatic carbocycles. The van der Waals surface area contributed by atoms with Gasteiger partial charge in [-0.1, -0.05) is 86.2 Å². The summed E-state index contributed by atoms with van der Waals surface area (Å²) in [7, 11) is -3.77. The summed E-state index contributed by atoms with van der Waals surface area (Å²) in [6.45, 7) is 0. The lowest BCUT2D eigenvalue weighted by Gasteiger charge is -2.09. The molecule has 1 N–H and O–H groups in total. The average molecular weight is 368 g/mol. The van der Waals surface area contributed by atoms with Gasteiger partial charge in [-0.15, -0.1) is 0 Å². The summed E-state index contributed by atoms with van der Waals surface area (Å²) < 4.78 is 28.4. The second-order valence-corrected chi connectivity index (χ2v) is 9.27. The Morgan fingerprint density at radius 2 is 1.05 bits per heavy atom. The molecule has 0 aromatic heterocycles. The van der Waals surface area contributed by atoms with E-state index in [1.165, 1.54) is 25.7 Å². The normalized spacial score (nSPS) is 12.8. The van der Waals surface area contributed by atoms with Crippen molar-refractivity contribution in [3.63, 3.8) is 0 Å². The van der Waals surface area contributed by atoms with Crippen LogP contribution in [0.15, 0.2) is 0 Å². The number of hydrogen-bond acceptors (Lipinski definition) is 2. The van der Waals surface area contributed by atoms with Crippen LogP contribution < -0.4 is 0 Å². The summed E-state index contributed by atoms with van der Waals surface area (Å²) in [4.78, 5) is 0. The molecule has 0 aliphatic heterocycles. The Morgan fingerprint density at radius 1 is 0.700 bits per heavy atom. The van der Waals surface area contributed by atoms with Crippen molar-refractivity contribution in [2.45, 2.75) is 74.4 Å². The molecule has 20 heavy (non-hydrogen) atoms. The van der Waals surface area contributed by atoms with Crippen LogP contribution >= 0.6 is 34.8 Å². The van der Waals surface area contributed by atoms with Gasteiger partial charge < -0.3 is 0 Å². The molecular formula is C13H25Cl3O3S. The molecule has 122 valence electrons. The Labute approximate surface area is 138 Å². The molecule has 0 bridgehead atoms. The molecule has 0 aromatic carbocycles. The first kappa shape index (κ1) is 20.8. The summed E-state index contributed by atoms with van der Waals surface area (Å²) >= 11 is 17.0. The van der Waals surface area contributed by atoms with Gasteiger partial charge in [-0.25, -0.2) is 0 Å². The third-order valence-electron chi connectivity index (χ3n) is 3.11. The van der Waals surface area contributed by atoms with Crippen LogP contribution in [-0.2, 0) is 10.1 Å². The number of rotatable bonds is 12. The first-order valence-electron chi connectivity index (χ1n) is 7.23. The van der Waals surface area contributed by atoms with Gasteiger partial charge in [-0.3, -0.25) is 4.55 Å². The van der Waals surface area contributed by atoms with Crippen molar-refractivity contribution in [1.82, 2.24) is 0 Å². The van der Waals surface area contributed by atoms with Crippen LogP contribution in [0.25, 0.3) is 0 Å². The minimum atomic E-state index is -3.77.